The van der Waals surface area contributed by atoms with Crippen LogP contribution in [0, 0.1) is 0 Å². The topological polar surface area (TPSA) is 12.5 Å². The molecule has 0 saturated heterocycles. The zero-order chi connectivity index (χ0) is 17.5. The number of anilines is 1. The minimum absolute atomic E-state index is 0.0963. The molecule has 0 bridgehead atoms. The van der Waals surface area contributed by atoms with Gasteiger partial charge in [0.1, 0.15) is 6.23 Å². The van der Waals surface area contributed by atoms with Crippen LogP contribution in [-0.2, 0) is 4.74 Å². The highest BCUT2D eigenvalue weighted by atomic mass is 16.5. The van der Waals surface area contributed by atoms with Gasteiger partial charge in [-0.2, -0.15) is 0 Å². The van der Waals surface area contributed by atoms with Crippen LogP contribution in [0.4, 0.5) is 5.69 Å². The molecule has 1 unspecified atom stereocenters. The Morgan fingerprint density at radius 1 is 0.880 bits per heavy atom. The largest absolute Gasteiger partial charge is 0.355 e. The Bertz CT molecular complexity index is 820. The van der Waals surface area contributed by atoms with E-state index in [1.807, 2.05) is 13.0 Å². The summed E-state index contributed by atoms with van der Waals surface area (Å²) in [7, 11) is 0. The Hall–Kier alpha value is -2.58. The van der Waals surface area contributed by atoms with Gasteiger partial charge in [0.25, 0.3) is 0 Å². The summed E-state index contributed by atoms with van der Waals surface area (Å²) in [6.07, 6.45) is 4.18. The molecule has 1 atom stereocenters. The van der Waals surface area contributed by atoms with Crippen molar-refractivity contribution in [2.75, 3.05) is 18.1 Å². The van der Waals surface area contributed by atoms with Gasteiger partial charge in [0.2, 0.25) is 0 Å². The van der Waals surface area contributed by atoms with Crippen LogP contribution >= 0.6 is 0 Å². The molecule has 0 aliphatic carbocycles. The highest BCUT2D eigenvalue weighted by molar-refractivity contribution is 5.94. The smallest absolute Gasteiger partial charge is 0.149 e. The normalized spacial score (nSPS) is 12.6. The number of hydrogen-bond donors (Lipinski definition) is 0. The van der Waals surface area contributed by atoms with Crippen molar-refractivity contribution in [2.45, 2.75) is 20.1 Å². The molecule has 3 aromatic rings. The maximum absolute atomic E-state index is 6.06. The molecule has 3 aromatic carbocycles. The Kier molecular flexibility index (Phi) is 5.86. The predicted octanol–water partition coefficient (Wildman–Crippen LogP) is 5.74. The molecule has 0 amide bonds. The SMILES string of the molecule is CCOC(C=Cc1ccccc1)N(CC)c1cccc2ccccc12. The molecule has 2 nitrogen and oxygen atoms in total. The summed E-state index contributed by atoms with van der Waals surface area (Å²) in [5.74, 6) is 0. The molecular formula is C23H25NO. The average Bonchev–Trinajstić information content (AvgIpc) is 2.67. The van der Waals surface area contributed by atoms with Crippen LogP contribution in [0.25, 0.3) is 16.8 Å². The Labute approximate surface area is 150 Å². The number of rotatable bonds is 7. The third-order valence-electron chi connectivity index (χ3n) is 4.31. The zero-order valence-corrected chi connectivity index (χ0v) is 14.9. The number of ether oxygens (including phenoxy) is 1. The van der Waals surface area contributed by atoms with E-state index < -0.39 is 0 Å². The van der Waals surface area contributed by atoms with Crippen LogP contribution in [0.1, 0.15) is 19.4 Å². The van der Waals surface area contributed by atoms with Crippen LogP contribution in [0.5, 0.6) is 0 Å². The minimum atomic E-state index is -0.0963. The quantitative estimate of drug-likeness (QED) is 0.512. The molecule has 0 heterocycles. The van der Waals surface area contributed by atoms with Crippen LogP contribution in [0.2, 0.25) is 0 Å². The maximum atomic E-state index is 6.06. The number of hydrogen-bond acceptors (Lipinski definition) is 2. The van der Waals surface area contributed by atoms with Gasteiger partial charge in [-0.15, -0.1) is 0 Å². The van der Waals surface area contributed by atoms with E-state index in [2.05, 4.69) is 90.7 Å². The van der Waals surface area contributed by atoms with Crippen molar-refractivity contribution in [3.63, 3.8) is 0 Å². The van der Waals surface area contributed by atoms with Crippen molar-refractivity contribution in [3.8, 4) is 0 Å². The standard InChI is InChI=1S/C23H25NO/c1-3-24(22-16-10-14-20-13-8-9-15-21(20)22)23(25-4-2)18-17-19-11-6-5-7-12-19/h5-18,23H,3-4H2,1-2H3. The highest BCUT2D eigenvalue weighted by Crippen LogP contribution is 2.28. The summed E-state index contributed by atoms with van der Waals surface area (Å²) in [6.45, 7) is 5.76. The van der Waals surface area contributed by atoms with Gasteiger partial charge in [0.05, 0.1) is 0 Å². The van der Waals surface area contributed by atoms with Crippen LogP contribution in [0.3, 0.4) is 0 Å². The summed E-state index contributed by atoms with van der Waals surface area (Å²) >= 11 is 0. The monoisotopic (exact) mass is 331 g/mol. The predicted molar refractivity (Wildman–Crippen MR) is 108 cm³/mol. The first-order chi connectivity index (χ1) is 12.3. The fourth-order valence-corrected chi connectivity index (χ4v) is 3.12. The number of likely N-dealkylation sites (N-methyl/N-ethyl adjacent to an activating group) is 1. The van der Waals surface area contributed by atoms with Crippen molar-refractivity contribution in [1.29, 1.82) is 0 Å². The van der Waals surface area contributed by atoms with Crippen molar-refractivity contribution < 1.29 is 4.74 Å². The molecule has 0 N–H and O–H groups in total. The Morgan fingerprint density at radius 3 is 2.36 bits per heavy atom. The lowest BCUT2D eigenvalue weighted by molar-refractivity contribution is 0.0947. The Balaban J connectivity index is 1.96. The van der Waals surface area contributed by atoms with Gasteiger partial charge in [-0.3, -0.25) is 0 Å². The molecule has 2 heteroatoms. The third-order valence-corrected chi connectivity index (χ3v) is 4.31. The summed E-state index contributed by atoms with van der Waals surface area (Å²) in [6, 6.07) is 25.3. The van der Waals surface area contributed by atoms with Gasteiger partial charge >= 0.3 is 0 Å². The fourth-order valence-electron chi connectivity index (χ4n) is 3.12. The van der Waals surface area contributed by atoms with Crippen LogP contribution in [0.15, 0.2) is 78.9 Å². The molecule has 0 aromatic heterocycles. The first-order valence-corrected chi connectivity index (χ1v) is 8.92. The summed E-state index contributed by atoms with van der Waals surface area (Å²) in [4.78, 5) is 2.31. The van der Waals surface area contributed by atoms with E-state index in [0.717, 1.165) is 6.54 Å². The second kappa shape index (κ2) is 8.50. The average molecular weight is 331 g/mol. The molecule has 25 heavy (non-hydrogen) atoms. The van der Waals surface area contributed by atoms with E-state index in [1.54, 1.807) is 0 Å². The van der Waals surface area contributed by atoms with Gasteiger partial charge < -0.3 is 9.64 Å². The number of benzene rings is 3. The zero-order valence-electron chi connectivity index (χ0n) is 14.9. The summed E-state index contributed by atoms with van der Waals surface area (Å²) in [5, 5.41) is 2.51. The Morgan fingerprint density at radius 2 is 1.60 bits per heavy atom. The molecular weight excluding hydrogens is 306 g/mol. The van der Waals surface area contributed by atoms with E-state index >= 15 is 0 Å². The van der Waals surface area contributed by atoms with Gasteiger partial charge in [-0.1, -0.05) is 72.8 Å². The molecule has 0 spiro atoms. The molecule has 0 radical (unpaired) electrons. The number of nitrogens with zero attached hydrogens (tertiary/aromatic N) is 1. The first kappa shape index (κ1) is 17.2. The van der Waals surface area contributed by atoms with Gasteiger partial charge in [-0.05, 0) is 36.9 Å². The summed E-state index contributed by atoms with van der Waals surface area (Å²) in [5.41, 5.74) is 2.39. The van der Waals surface area contributed by atoms with Gasteiger partial charge in [0.15, 0.2) is 0 Å². The van der Waals surface area contributed by atoms with Crippen molar-refractivity contribution in [1.82, 2.24) is 0 Å². The molecule has 0 aliphatic rings. The lowest BCUT2D eigenvalue weighted by atomic mass is 10.1. The molecule has 3 rings (SSSR count). The van der Waals surface area contributed by atoms with E-state index in [9.17, 15) is 0 Å². The highest BCUT2D eigenvalue weighted by Gasteiger charge is 2.17. The molecule has 0 saturated carbocycles. The van der Waals surface area contributed by atoms with Gasteiger partial charge in [-0.25, -0.2) is 0 Å². The second-order valence-electron chi connectivity index (χ2n) is 5.90. The molecule has 0 fully saturated rings. The maximum Gasteiger partial charge on any atom is 0.149 e. The number of fused-ring (bicyclic) bond motifs is 1. The van der Waals surface area contributed by atoms with E-state index in [1.165, 1.54) is 22.0 Å². The summed E-state index contributed by atoms with van der Waals surface area (Å²) < 4.78 is 6.06. The van der Waals surface area contributed by atoms with Gasteiger partial charge in [0, 0.05) is 24.2 Å². The lowest BCUT2D eigenvalue weighted by Gasteiger charge is -2.31. The molecule has 128 valence electrons. The van der Waals surface area contributed by atoms with Crippen LogP contribution < -0.4 is 4.90 Å². The van der Waals surface area contributed by atoms with Crippen molar-refractivity contribution >= 4 is 22.5 Å². The van der Waals surface area contributed by atoms with E-state index in [0.29, 0.717) is 6.61 Å². The second-order valence-corrected chi connectivity index (χ2v) is 5.90. The van der Waals surface area contributed by atoms with E-state index in [-0.39, 0.29) is 6.23 Å². The van der Waals surface area contributed by atoms with Crippen molar-refractivity contribution in [3.05, 3.63) is 84.4 Å². The molecule has 0 aliphatic heterocycles. The fraction of sp³-hybridized carbons (Fsp3) is 0.217. The minimum Gasteiger partial charge on any atom is -0.355 e. The third kappa shape index (κ3) is 4.09. The van der Waals surface area contributed by atoms with Crippen molar-refractivity contribution in [2.24, 2.45) is 0 Å². The van der Waals surface area contributed by atoms with E-state index in [4.69, 9.17) is 4.74 Å². The van der Waals surface area contributed by atoms with Crippen LogP contribution in [-0.4, -0.2) is 19.4 Å². The lowest BCUT2D eigenvalue weighted by Crippen LogP contribution is -2.36. The first-order valence-electron chi connectivity index (χ1n) is 8.92.